The zero-order valence-corrected chi connectivity index (χ0v) is 18.9. The van der Waals surface area contributed by atoms with Crippen LogP contribution in [0.25, 0.3) is 0 Å². The Kier molecular flexibility index (Phi) is 6.03. The number of nitrogens with zero attached hydrogens (tertiary/aromatic N) is 4. The van der Waals surface area contributed by atoms with Crippen LogP contribution >= 0.6 is 11.3 Å². The third-order valence-electron chi connectivity index (χ3n) is 5.14. The number of hydrogen-bond acceptors (Lipinski definition) is 7. The van der Waals surface area contributed by atoms with Gasteiger partial charge in [-0.05, 0) is 38.1 Å². The zero-order chi connectivity index (χ0) is 22.0. The third kappa shape index (κ3) is 4.76. The van der Waals surface area contributed by atoms with Gasteiger partial charge in [0.15, 0.2) is 0 Å². The van der Waals surface area contributed by atoms with E-state index in [0.717, 1.165) is 22.6 Å². The van der Waals surface area contributed by atoms with Gasteiger partial charge in [0.2, 0.25) is 9.47 Å². The summed E-state index contributed by atoms with van der Waals surface area (Å²) in [5.74, 6) is -0.355. The van der Waals surface area contributed by atoms with Crippen molar-refractivity contribution in [3.05, 3.63) is 65.2 Å². The van der Waals surface area contributed by atoms with E-state index in [-0.39, 0.29) is 15.4 Å². The van der Waals surface area contributed by atoms with Crippen LogP contribution in [0.3, 0.4) is 0 Å². The summed E-state index contributed by atoms with van der Waals surface area (Å²) in [7, 11) is -3.76. The molecule has 0 unspecified atom stereocenters. The lowest BCUT2D eigenvalue weighted by Crippen LogP contribution is -2.48. The van der Waals surface area contributed by atoms with E-state index >= 15 is 0 Å². The molecule has 1 aromatic heterocycles. The second-order valence-corrected chi connectivity index (χ2v) is 10.5. The van der Waals surface area contributed by atoms with E-state index < -0.39 is 10.0 Å². The van der Waals surface area contributed by atoms with Crippen molar-refractivity contribution in [2.45, 2.75) is 18.2 Å². The van der Waals surface area contributed by atoms with Crippen LogP contribution in [0.2, 0.25) is 0 Å². The summed E-state index contributed by atoms with van der Waals surface area (Å²) in [6.07, 6.45) is 0. The fourth-order valence-electron chi connectivity index (χ4n) is 3.29. The van der Waals surface area contributed by atoms with Crippen molar-refractivity contribution in [1.29, 1.82) is 0 Å². The number of anilines is 2. The van der Waals surface area contributed by atoms with Crippen molar-refractivity contribution in [1.82, 2.24) is 14.5 Å². The van der Waals surface area contributed by atoms with Crippen molar-refractivity contribution in [3.63, 3.8) is 0 Å². The Bertz CT molecular complexity index is 1170. The highest BCUT2D eigenvalue weighted by Gasteiger charge is 2.32. The number of benzene rings is 2. The first-order valence-electron chi connectivity index (χ1n) is 9.86. The van der Waals surface area contributed by atoms with Gasteiger partial charge in [-0.1, -0.05) is 46.7 Å². The highest BCUT2D eigenvalue weighted by Crippen LogP contribution is 2.26. The average Bonchev–Trinajstić information content (AvgIpc) is 3.24. The number of piperazine rings is 1. The van der Waals surface area contributed by atoms with Crippen LogP contribution in [0.15, 0.2) is 52.9 Å². The summed E-state index contributed by atoms with van der Waals surface area (Å²) in [6, 6.07) is 15.3. The van der Waals surface area contributed by atoms with E-state index in [1.807, 2.05) is 50.2 Å². The minimum Gasteiger partial charge on any atom is -0.369 e. The van der Waals surface area contributed by atoms with E-state index in [4.69, 9.17) is 0 Å². The lowest BCUT2D eigenvalue weighted by molar-refractivity contribution is 0.102. The average molecular weight is 458 g/mol. The normalized spacial score (nSPS) is 15.1. The molecule has 2 aromatic carbocycles. The Morgan fingerprint density at radius 2 is 1.48 bits per heavy atom. The summed E-state index contributed by atoms with van der Waals surface area (Å²) >= 11 is 0.861. The number of carbonyl (C=O) groups excluding carboxylic acids is 1. The fourth-order valence-corrected chi connectivity index (χ4v) is 5.75. The number of sulfonamides is 1. The molecular formula is C21H23N5O3S2. The number of amides is 1. The van der Waals surface area contributed by atoms with Gasteiger partial charge in [-0.15, -0.1) is 10.2 Å². The number of carbonyl (C=O) groups is 1. The Morgan fingerprint density at radius 3 is 2.10 bits per heavy atom. The first kappa shape index (κ1) is 21.4. The summed E-state index contributed by atoms with van der Waals surface area (Å²) in [6.45, 7) is 5.88. The third-order valence-corrected chi connectivity index (χ3v) is 8.22. The van der Waals surface area contributed by atoms with Crippen LogP contribution in [0.1, 0.15) is 21.5 Å². The number of nitrogens with one attached hydrogen (secondary N) is 1. The van der Waals surface area contributed by atoms with Crippen molar-refractivity contribution in [3.8, 4) is 0 Å². The topological polar surface area (TPSA) is 95.5 Å². The minimum atomic E-state index is -3.76. The highest BCUT2D eigenvalue weighted by molar-refractivity contribution is 7.91. The van der Waals surface area contributed by atoms with E-state index in [1.54, 1.807) is 12.1 Å². The predicted molar refractivity (Wildman–Crippen MR) is 121 cm³/mol. The van der Waals surface area contributed by atoms with Gasteiger partial charge in [0, 0.05) is 37.4 Å². The van der Waals surface area contributed by atoms with E-state index in [1.165, 1.54) is 9.87 Å². The summed E-state index contributed by atoms with van der Waals surface area (Å²) < 4.78 is 27.3. The van der Waals surface area contributed by atoms with Gasteiger partial charge in [0.25, 0.3) is 15.9 Å². The second kappa shape index (κ2) is 8.74. The molecule has 3 aromatic rings. The first-order chi connectivity index (χ1) is 14.8. The summed E-state index contributed by atoms with van der Waals surface area (Å²) in [5, 5.41) is 10.4. The van der Waals surface area contributed by atoms with Crippen molar-refractivity contribution >= 4 is 38.1 Å². The smallest absolute Gasteiger partial charge is 0.272 e. The molecule has 0 bridgehead atoms. The Balaban J connectivity index is 1.40. The first-order valence-corrected chi connectivity index (χ1v) is 12.1. The van der Waals surface area contributed by atoms with E-state index in [0.29, 0.717) is 31.7 Å². The number of hydrogen-bond donors (Lipinski definition) is 1. The van der Waals surface area contributed by atoms with Crippen molar-refractivity contribution in [2.24, 2.45) is 0 Å². The SMILES string of the molecule is Cc1ccc(C(=O)Nc2nnc(S(=O)(=O)N3CCN(c4ccc(C)cc4)CC3)s2)cc1. The van der Waals surface area contributed by atoms with Gasteiger partial charge in [-0.25, -0.2) is 8.42 Å². The van der Waals surface area contributed by atoms with E-state index in [2.05, 4.69) is 20.4 Å². The largest absolute Gasteiger partial charge is 0.369 e. The maximum Gasteiger partial charge on any atom is 0.272 e. The molecule has 1 N–H and O–H groups in total. The van der Waals surface area contributed by atoms with Crippen LogP contribution in [-0.2, 0) is 10.0 Å². The molecule has 4 rings (SSSR count). The monoisotopic (exact) mass is 457 g/mol. The van der Waals surface area contributed by atoms with Gasteiger partial charge >= 0.3 is 0 Å². The number of aryl methyl sites for hydroxylation is 2. The van der Waals surface area contributed by atoms with E-state index in [9.17, 15) is 13.2 Å². The van der Waals surface area contributed by atoms with Crippen LogP contribution in [-0.4, -0.2) is 55.0 Å². The molecule has 0 aliphatic carbocycles. The van der Waals surface area contributed by atoms with Gasteiger partial charge in [0.05, 0.1) is 0 Å². The summed E-state index contributed by atoms with van der Waals surface area (Å²) in [4.78, 5) is 14.5. The maximum atomic E-state index is 13.0. The molecule has 1 amide bonds. The van der Waals surface area contributed by atoms with Crippen molar-refractivity contribution < 1.29 is 13.2 Å². The molecule has 1 aliphatic heterocycles. The van der Waals surface area contributed by atoms with Gasteiger partial charge in [-0.2, -0.15) is 4.31 Å². The van der Waals surface area contributed by atoms with Crippen molar-refractivity contribution in [2.75, 3.05) is 36.4 Å². The lowest BCUT2D eigenvalue weighted by atomic mass is 10.1. The molecule has 1 fully saturated rings. The molecule has 0 radical (unpaired) electrons. The fraction of sp³-hybridized carbons (Fsp3) is 0.286. The predicted octanol–water partition coefficient (Wildman–Crippen LogP) is 2.92. The maximum absolute atomic E-state index is 13.0. The molecule has 162 valence electrons. The second-order valence-electron chi connectivity index (χ2n) is 7.42. The van der Waals surface area contributed by atoms with Crippen LogP contribution in [0.4, 0.5) is 10.8 Å². The molecule has 10 heteroatoms. The van der Waals surface area contributed by atoms with Gasteiger partial charge in [-0.3, -0.25) is 10.1 Å². The Labute approximate surface area is 185 Å². The molecule has 2 heterocycles. The quantitative estimate of drug-likeness (QED) is 0.592. The molecule has 1 aliphatic rings. The zero-order valence-electron chi connectivity index (χ0n) is 17.3. The Hall–Kier alpha value is -2.82. The lowest BCUT2D eigenvalue weighted by Gasteiger charge is -2.34. The molecule has 1 saturated heterocycles. The van der Waals surface area contributed by atoms with Gasteiger partial charge < -0.3 is 4.90 Å². The minimum absolute atomic E-state index is 0.115. The standard InChI is InChI=1S/C21H23N5O3S2/c1-15-3-7-17(8-4-15)19(27)22-20-23-24-21(30-20)31(28,29)26-13-11-25(12-14-26)18-9-5-16(2)6-10-18/h3-10H,11-14H2,1-2H3,(H,22,23,27). The molecule has 0 atom stereocenters. The number of rotatable bonds is 5. The molecule has 0 spiro atoms. The molecule has 8 nitrogen and oxygen atoms in total. The molecule has 31 heavy (non-hydrogen) atoms. The highest BCUT2D eigenvalue weighted by atomic mass is 32.2. The molecule has 0 saturated carbocycles. The van der Waals surface area contributed by atoms with Crippen LogP contribution < -0.4 is 10.2 Å². The van der Waals surface area contributed by atoms with Crippen LogP contribution in [0.5, 0.6) is 0 Å². The number of aromatic nitrogens is 2. The van der Waals surface area contributed by atoms with Crippen LogP contribution in [0, 0.1) is 13.8 Å². The summed E-state index contributed by atoms with van der Waals surface area (Å²) in [5.41, 5.74) is 3.78. The van der Waals surface area contributed by atoms with Gasteiger partial charge in [0.1, 0.15) is 0 Å². The Morgan fingerprint density at radius 1 is 0.903 bits per heavy atom. The molecular weight excluding hydrogens is 434 g/mol.